The number of aromatic nitrogens is 2. The molecule has 2 aromatic carbocycles. The summed E-state index contributed by atoms with van der Waals surface area (Å²) in [7, 11) is 1.57. The van der Waals surface area contributed by atoms with Crippen LogP contribution in [0.25, 0.3) is 11.5 Å². The summed E-state index contributed by atoms with van der Waals surface area (Å²) in [6.45, 7) is -0.0177. The summed E-state index contributed by atoms with van der Waals surface area (Å²) in [5, 5.41) is 16.0. The van der Waals surface area contributed by atoms with Crippen molar-refractivity contribution in [2.75, 3.05) is 12.0 Å². The van der Waals surface area contributed by atoms with E-state index in [-0.39, 0.29) is 29.5 Å². The Kier molecular flexibility index (Phi) is 4.03. The minimum atomic E-state index is -0.575. The van der Waals surface area contributed by atoms with Gasteiger partial charge in [0.15, 0.2) is 11.5 Å². The first-order valence-corrected chi connectivity index (χ1v) is 7.91. The van der Waals surface area contributed by atoms with Gasteiger partial charge < -0.3 is 14.5 Å². The van der Waals surface area contributed by atoms with Gasteiger partial charge in [-0.3, -0.25) is 9.69 Å². The number of anilines is 1. The zero-order valence-corrected chi connectivity index (χ0v) is 14.1. The first kappa shape index (κ1) is 16.7. The van der Waals surface area contributed by atoms with E-state index in [0.29, 0.717) is 17.0 Å². The number of hydrogen-bond donors (Lipinski definition) is 1. The third-order valence-electron chi connectivity index (χ3n) is 4.16. The average molecular weight is 368 g/mol. The fraction of sp³-hybridized carbons (Fsp3) is 0.111. The highest BCUT2D eigenvalue weighted by atomic mass is 19.1. The van der Waals surface area contributed by atoms with E-state index in [2.05, 4.69) is 15.3 Å². The number of amides is 1. The van der Waals surface area contributed by atoms with Crippen molar-refractivity contribution < 1.29 is 23.7 Å². The molecule has 2 heterocycles. The van der Waals surface area contributed by atoms with E-state index in [9.17, 15) is 9.18 Å². The molecule has 8 nitrogen and oxygen atoms in total. The number of carbonyl (C=O) groups excluding carboxylic acids is 1. The van der Waals surface area contributed by atoms with Gasteiger partial charge in [-0.25, -0.2) is 4.39 Å². The summed E-state index contributed by atoms with van der Waals surface area (Å²) in [5.74, 6) is 0.124. The molecule has 0 unspecified atom stereocenters. The molecule has 1 N–H and O–H groups in total. The van der Waals surface area contributed by atoms with Crippen LogP contribution in [0.15, 0.2) is 52.1 Å². The Balaban J connectivity index is 1.62. The van der Waals surface area contributed by atoms with Crippen LogP contribution in [0, 0.1) is 5.82 Å². The third kappa shape index (κ3) is 2.88. The Morgan fingerprint density at radius 3 is 2.74 bits per heavy atom. The van der Waals surface area contributed by atoms with Crippen LogP contribution < -0.4 is 9.64 Å². The fourth-order valence-electron chi connectivity index (χ4n) is 2.85. The van der Waals surface area contributed by atoms with E-state index in [1.165, 1.54) is 17.0 Å². The lowest BCUT2D eigenvalue weighted by atomic mass is 10.1. The number of ether oxygens (including phenoxy) is 1. The molecule has 4 rings (SSSR count). The highest BCUT2D eigenvalue weighted by Crippen LogP contribution is 2.31. The number of oxime groups is 1. The summed E-state index contributed by atoms with van der Waals surface area (Å²) in [6.07, 6.45) is 0. The van der Waals surface area contributed by atoms with Gasteiger partial charge in [0.1, 0.15) is 11.6 Å². The molecule has 1 aromatic heterocycles. The number of fused-ring (bicyclic) bond motifs is 1. The number of nitrogens with zero attached hydrogens (tertiary/aromatic N) is 4. The summed E-state index contributed by atoms with van der Waals surface area (Å²) < 4.78 is 23.8. The lowest BCUT2D eigenvalue weighted by molar-refractivity contribution is -0.112. The highest BCUT2D eigenvalue weighted by Gasteiger charge is 2.35. The molecule has 0 saturated carbocycles. The van der Waals surface area contributed by atoms with Crippen LogP contribution in [-0.2, 0) is 11.3 Å². The van der Waals surface area contributed by atoms with Crippen LogP contribution in [-0.4, -0.2) is 34.1 Å². The third-order valence-corrected chi connectivity index (χ3v) is 4.16. The van der Waals surface area contributed by atoms with Gasteiger partial charge in [0.25, 0.3) is 11.8 Å². The van der Waals surface area contributed by atoms with E-state index in [1.807, 2.05) is 0 Å². The van der Waals surface area contributed by atoms with Crippen molar-refractivity contribution in [3.8, 4) is 17.2 Å². The van der Waals surface area contributed by atoms with Crippen molar-refractivity contribution in [1.82, 2.24) is 10.1 Å². The second-order valence-electron chi connectivity index (χ2n) is 5.75. The normalized spacial score (nSPS) is 14.7. The SMILES string of the molecule is COc1ccc(-c2nc(CN3C(=O)/C(=N\O)c4cc(F)ccc43)no2)cc1. The van der Waals surface area contributed by atoms with Gasteiger partial charge in [0, 0.05) is 11.1 Å². The molecule has 9 heteroatoms. The lowest BCUT2D eigenvalue weighted by Crippen LogP contribution is -2.30. The van der Waals surface area contributed by atoms with Gasteiger partial charge in [0.05, 0.1) is 19.3 Å². The molecule has 27 heavy (non-hydrogen) atoms. The second-order valence-corrected chi connectivity index (χ2v) is 5.75. The van der Waals surface area contributed by atoms with Gasteiger partial charge in [-0.15, -0.1) is 0 Å². The molecule has 0 spiro atoms. The Morgan fingerprint density at radius 2 is 2.04 bits per heavy atom. The Labute approximate surface area is 152 Å². The minimum absolute atomic E-state index is 0.0177. The van der Waals surface area contributed by atoms with Gasteiger partial charge >= 0.3 is 0 Å². The van der Waals surface area contributed by atoms with Crippen LogP contribution in [0.2, 0.25) is 0 Å². The summed E-state index contributed by atoms with van der Waals surface area (Å²) >= 11 is 0. The number of rotatable bonds is 4. The first-order chi connectivity index (χ1) is 13.1. The van der Waals surface area contributed by atoms with Gasteiger partial charge in [-0.05, 0) is 42.5 Å². The number of halogens is 1. The van der Waals surface area contributed by atoms with Crippen molar-refractivity contribution in [2.24, 2.45) is 5.16 Å². The molecule has 0 aliphatic carbocycles. The molecule has 0 radical (unpaired) electrons. The van der Waals surface area contributed by atoms with E-state index in [0.717, 1.165) is 6.07 Å². The van der Waals surface area contributed by atoms with Crippen LogP contribution >= 0.6 is 0 Å². The van der Waals surface area contributed by atoms with Crippen LogP contribution in [0.1, 0.15) is 11.4 Å². The van der Waals surface area contributed by atoms with Crippen LogP contribution in [0.3, 0.4) is 0 Å². The lowest BCUT2D eigenvalue weighted by Gasteiger charge is -2.13. The van der Waals surface area contributed by atoms with Crippen LogP contribution in [0.5, 0.6) is 5.75 Å². The largest absolute Gasteiger partial charge is 0.497 e. The minimum Gasteiger partial charge on any atom is -0.497 e. The first-order valence-electron chi connectivity index (χ1n) is 7.91. The molecular formula is C18H13FN4O4. The molecule has 0 fully saturated rings. The Hall–Kier alpha value is -3.75. The molecule has 136 valence electrons. The van der Waals surface area contributed by atoms with Crippen molar-refractivity contribution in [1.29, 1.82) is 0 Å². The molecule has 0 atom stereocenters. The summed E-state index contributed by atoms with van der Waals surface area (Å²) in [4.78, 5) is 18.1. The molecular weight excluding hydrogens is 355 g/mol. The number of benzene rings is 2. The topological polar surface area (TPSA) is 101 Å². The van der Waals surface area contributed by atoms with Crippen molar-refractivity contribution in [3.63, 3.8) is 0 Å². The van der Waals surface area contributed by atoms with Gasteiger partial charge in [-0.2, -0.15) is 4.98 Å². The van der Waals surface area contributed by atoms with Crippen molar-refractivity contribution in [2.45, 2.75) is 6.54 Å². The zero-order valence-electron chi connectivity index (χ0n) is 14.1. The van der Waals surface area contributed by atoms with E-state index >= 15 is 0 Å². The average Bonchev–Trinajstić information content (AvgIpc) is 3.25. The van der Waals surface area contributed by atoms with E-state index in [1.54, 1.807) is 31.4 Å². The zero-order chi connectivity index (χ0) is 19.0. The van der Waals surface area contributed by atoms with Gasteiger partial charge in [-0.1, -0.05) is 10.3 Å². The van der Waals surface area contributed by atoms with Gasteiger partial charge in [0.2, 0.25) is 0 Å². The molecule has 3 aromatic rings. The quantitative estimate of drug-likeness (QED) is 0.561. The van der Waals surface area contributed by atoms with Crippen molar-refractivity contribution >= 4 is 17.3 Å². The predicted molar refractivity (Wildman–Crippen MR) is 92.2 cm³/mol. The molecule has 0 bridgehead atoms. The maximum Gasteiger partial charge on any atom is 0.281 e. The molecule has 0 saturated heterocycles. The number of hydrogen-bond acceptors (Lipinski definition) is 7. The number of methoxy groups -OCH3 is 1. The van der Waals surface area contributed by atoms with Crippen LogP contribution in [0.4, 0.5) is 10.1 Å². The Bertz CT molecular complexity index is 1050. The van der Waals surface area contributed by atoms with E-state index in [4.69, 9.17) is 14.5 Å². The fourth-order valence-corrected chi connectivity index (χ4v) is 2.85. The Morgan fingerprint density at radius 1 is 1.26 bits per heavy atom. The maximum absolute atomic E-state index is 13.5. The summed E-state index contributed by atoms with van der Waals surface area (Å²) in [5.41, 5.74) is 1.08. The highest BCUT2D eigenvalue weighted by molar-refractivity contribution is 6.54. The van der Waals surface area contributed by atoms with Crippen molar-refractivity contribution in [3.05, 3.63) is 59.7 Å². The number of carbonyl (C=O) groups is 1. The monoisotopic (exact) mass is 368 g/mol. The summed E-state index contributed by atoms with van der Waals surface area (Å²) in [6, 6.07) is 10.9. The standard InChI is InChI=1S/C18H13FN4O4/c1-26-12-5-2-10(3-6-12)17-20-15(22-27-17)9-23-14-7-4-11(19)8-13(14)16(21-25)18(23)24/h2-8,25H,9H2,1H3/b21-16-. The molecule has 1 amide bonds. The van der Waals surface area contributed by atoms with E-state index < -0.39 is 11.7 Å². The predicted octanol–water partition coefficient (Wildman–Crippen LogP) is 2.61. The molecule has 1 aliphatic rings. The smallest absolute Gasteiger partial charge is 0.281 e. The maximum atomic E-state index is 13.5. The second kappa shape index (κ2) is 6.52. The molecule has 1 aliphatic heterocycles.